The molecule has 9 aliphatic rings. The highest BCUT2D eigenvalue weighted by Gasteiger charge is 2.86. The van der Waals surface area contributed by atoms with Gasteiger partial charge in [0, 0.05) is 6.42 Å². The van der Waals surface area contributed by atoms with Crippen molar-refractivity contribution in [2.45, 2.75) is 245 Å². The molecule has 0 amide bonds. The third-order valence-electron chi connectivity index (χ3n) is 17.5. The molecule has 25 N–H and O–H groups in total. The van der Waals surface area contributed by atoms with Gasteiger partial charge in [-0.25, -0.2) is 0 Å². The molecule has 1 aliphatic carbocycles. The number of aliphatic hydroxyl groups excluding tert-OH is 24. The van der Waals surface area contributed by atoms with Gasteiger partial charge in [0.1, 0.15) is 165 Å². The first-order valence-corrected chi connectivity index (χ1v) is 28.1. The van der Waals surface area contributed by atoms with Crippen LogP contribution in [-0.2, 0) is 71.1 Å². The molecule has 88 heavy (non-hydrogen) atoms. The van der Waals surface area contributed by atoms with Crippen LogP contribution in [0.2, 0.25) is 0 Å². The fourth-order valence-corrected chi connectivity index (χ4v) is 12.3. The van der Waals surface area contributed by atoms with Crippen LogP contribution in [0.1, 0.15) is 6.42 Å². The predicted octanol–water partition coefficient (Wildman–Crippen LogP) is -17.7. The van der Waals surface area contributed by atoms with Gasteiger partial charge in [-0.3, -0.25) is 0 Å². The van der Waals surface area contributed by atoms with E-state index in [4.69, 9.17) is 71.1 Å². The zero-order chi connectivity index (χ0) is 64.3. The van der Waals surface area contributed by atoms with E-state index in [1.807, 2.05) is 0 Å². The number of ether oxygens (including phenoxy) is 15. The number of hydrogen-bond donors (Lipinski definition) is 25. The predicted molar refractivity (Wildman–Crippen MR) is 261 cm³/mol. The highest BCUT2D eigenvalue weighted by atomic mass is 16.8. The lowest BCUT2D eigenvalue weighted by Gasteiger charge is -2.72. The molecule has 8 saturated heterocycles. The molecule has 40 heteroatoms. The van der Waals surface area contributed by atoms with Crippen LogP contribution in [0.5, 0.6) is 0 Å². The van der Waals surface area contributed by atoms with E-state index in [0.717, 1.165) is 0 Å². The molecule has 9 rings (SSSR count). The van der Waals surface area contributed by atoms with Gasteiger partial charge in [0.05, 0.1) is 65.1 Å². The molecule has 9 fully saturated rings. The van der Waals surface area contributed by atoms with Crippen LogP contribution in [0.3, 0.4) is 0 Å². The van der Waals surface area contributed by atoms with Gasteiger partial charge in [-0.1, -0.05) is 0 Å². The minimum absolute atomic E-state index is 0.181. The second-order valence-corrected chi connectivity index (χ2v) is 22.8. The van der Waals surface area contributed by atoms with Crippen LogP contribution in [0, 0.1) is 0 Å². The van der Waals surface area contributed by atoms with Crippen molar-refractivity contribution >= 4 is 0 Å². The van der Waals surface area contributed by atoms with Crippen LogP contribution >= 0.6 is 0 Å². The fourth-order valence-electron chi connectivity index (χ4n) is 12.3. The molecule has 8 aliphatic heterocycles. The summed E-state index contributed by atoms with van der Waals surface area (Å²) < 4.78 is 83.8. The summed E-state index contributed by atoms with van der Waals surface area (Å²) in [7, 11) is 0. The lowest BCUT2D eigenvalue weighted by atomic mass is 9.55. The third kappa shape index (κ3) is 12.7. The molecule has 1 saturated carbocycles. The van der Waals surface area contributed by atoms with Crippen LogP contribution < -0.4 is 0 Å². The fraction of sp³-hybridized carbons (Fsp3) is 1.00. The summed E-state index contributed by atoms with van der Waals surface area (Å²) in [5.74, 6) is 0. The largest absolute Gasteiger partial charge is 0.394 e. The molecular formula is C48H80O40. The van der Waals surface area contributed by atoms with E-state index in [1.54, 1.807) is 0 Å². The van der Waals surface area contributed by atoms with Gasteiger partial charge < -0.3 is 199 Å². The number of aliphatic hydroxyl groups is 25. The summed E-state index contributed by atoms with van der Waals surface area (Å²) in [6.45, 7) is -7.80. The maximum atomic E-state index is 11.7. The molecule has 0 radical (unpaired) electrons. The van der Waals surface area contributed by atoms with E-state index >= 15 is 0 Å². The van der Waals surface area contributed by atoms with Crippen molar-refractivity contribution in [3.63, 3.8) is 0 Å². The molecule has 512 valence electrons. The molecule has 39 atom stereocenters. The topological polar surface area (TPSA) is 644 Å². The van der Waals surface area contributed by atoms with E-state index < -0.39 is 291 Å². The third-order valence-corrected chi connectivity index (χ3v) is 17.5. The molecular weight excluding hydrogens is 1220 g/mol. The highest BCUT2D eigenvalue weighted by Crippen LogP contribution is 2.60. The average Bonchev–Trinajstić information content (AvgIpc) is 0.666. The maximum Gasteiger partial charge on any atom is 0.193 e. The van der Waals surface area contributed by atoms with E-state index in [-0.39, 0.29) is 6.42 Å². The first-order valence-electron chi connectivity index (χ1n) is 28.1. The summed E-state index contributed by atoms with van der Waals surface area (Å²) in [6.07, 6.45) is -70.6. The second kappa shape index (κ2) is 28.8. The summed E-state index contributed by atoms with van der Waals surface area (Å²) in [5, 5.41) is 268. The van der Waals surface area contributed by atoms with Gasteiger partial charge in [-0.05, 0) is 0 Å². The van der Waals surface area contributed by atoms with Gasteiger partial charge in [-0.15, -0.1) is 0 Å². The van der Waals surface area contributed by atoms with Crippen molar-refractivity contribution in [2.75, 3.05) is 52.9 Å². The maximum absolute atomic E-state index is 11.7. The van der Waals surface area contributed by atoms with Gasteiger partial charge in [0.25, 0.3) is 0 Å². The van der Waals surface area contributed by atoms with E-state index in [9.17, 15) is 128 Å². The average molecular weight is 1300 g/mol. The van der Waals surface area contributed by atoms with E-state index in [1.165, 1.54) is 0 Å². The number of hydrogen-bond acceptors (Lipinski definition) is 40. The van der Waals surface area contributed by atoms with Crippen molar-refractivity contribution in [3.05, 3.63) is 0 Å². The zero-order valence-corrected chi connectivity index (χ0v) is 46.0. The summed E-state index contributed by atoms with van der Waals surface area (Å²) in [4.78, 5) is 0. The smallest absolute Gasteiger partial charge is 0.193 e. The van der Waals surface area contributed by atoms with E-state index in [0.29, 0.717) is 0 Å². The molecule has 39 unspecified atom stereocenters. The van der Waals surface area contributed by atoms with Crippen molar-refractivity contribution in [1.29, 1.82) is 0 Å². The Bertz CT molecular complexity index is 2190. The van der Waals surface area contributed by atoms with Crippen LogP contribution in [-0.4, -0.2) is 419 Å². The Labute approximate surface area is 495 Å². The Morgan fingerprint density at radius 3 is 0.932 bits per heavy atom. The zero-order valence-electron chi connectivity index (χ0n) is 46.0. The molecule has 40 nitrogen and oxygen atoms in total. The Morgan fingerprint density at radius 2 is 0.614 bits per heavy atom. The SMILES string of the molecule is OCC1CC(O)C(O)C(OC2C(CO)OC(OC3C(CO)OC(OC4C(CO)OC(OC5C(CO)OC(OC6C(O)C7(O)C(OC8C(CO)OC(OC9C(CO)OC(O)C(O)C9O)C(O)C8O)OC67CO)C(O)C5O)C(O)C4O)C(O)C3O)C(O)C2O)O1. The Balaban J connectivity index is 0.783. The quantitative estimate of drug-likeness (QED) is 0.0479. The molecule has 0 spiro atoms. The van der Waals surface area contributed by atoms with Gasteiger partial charge >= 0.3 is 0 Å². The van der Waals surface area contributed by atoms with Crippen LogP contribution in [0.15, 0.2) is 0 Å². The second-order valence-electron chi connectivity index (χ2n) is 22.8. The lowest BCUT2D eigenvalue weighted by Crippen LogP contribution is -2.96. The first-order chi connectivity index (χ1) is 41.7. The Hall–Kier alpha value is -1.60. The van der Waals surface area contributed by atoms with Gasteiger partial charge in [0.15, 0.2) is 61.5 Å². The normalized spacial score (nSPS) is 55.1. The monoisotopic (exact) mass is 1300 g/mol. The molecule has 0 bridgehead atoms. The van der Waals surface area contributed by atoms with Gasteiger partial charge in [0.2, 0.25) is 0 Å². The lowest BCUT2D eigenvalue weighted by molar-refractivity contribution is -0.543. The van der Waals surface area contributed by atoms with Crippen molar-refractivity contribution in [3.8, 4) is 0 Å². The van der Waals surface area contributed by atoms with Gasteiger partial charge in [-0.2, -0.15) is 0 Å². The molecule has 0 aromatic heterocycles. The van der Waals surface area contributed by atoms with Crippen molar-refractivity contribution < 1.29 is 199 Å². The summed E-state index contributed by atoms with van der Waals surface area (Å²) in [5.41, 5.74) is -5.01. The Morgan fingerprint density at radius 1 is 0.318 bits per heavy atom. The van der Waals surface area contributed by atoms with Crippen molar-refractivity contribution in [2.24, 2.45) is 0 Å². The first kappa shape index (κ1) is 70.7. The number of fused-ring (bicyclic) bond motifs is 1. The minimum atomic E-state index is -2.66. The minimum Gasteiger partial charge on any atom is -0.394 e. The Kier molecular flexibility index (Phi) is 23.1. The van der Waals surface area contributed by atoms with Crippen LogP contribution in [0.25, 0.3) is 0 Å². The molecule has 0 aromatic carbocycles. The van der Waals surface area contributed by atoms with E-state index in [2.05, 4.69) is 0 Å². The number of rotatable bonds is 22. The summed E-state index contributed by atoms with van der Waals surface area (Å²) >= 11 is 0. The molecule has 8 heterocycles. The van der Waals surface area contributed by atoms with Crippen molar-refractivity contribution in [1.82, 2.24) is 0 Å². The highest BCUT2D eigenvalue weighted by molar-refractivity contribution is 5.31. The molecule has 0 aromatic rings. The summed E-state index contributed by atoms with van der Waals surface area (Å²) in [6, 6.07) is 0. The van der Waals surface area contributed by atoms with Crippen LogP contribution in [0.4, 0.5) is 0 Å². The standard InChI is InChI=1S/C48H80O40/c49-2-10-1-11(57)18(58)40(74-10)81-32-13(4-51)76-41(26(66)20(32)60)83-33-14(5-52)77-42(27(67)21(33)61)84-34-15(6-53)78-43(28(68)22(34)62)85-35-16(7-54)80-45(30(70)23(35)63)87-38-37(71)48(73)46(88-47(38,48)9-56)86-36-17(8-55)79-44(29(69)24(36)64)82-31-12(3-50)75-39(72)25(65)19(31)59/h10-46,49-73H,1-9H2.